The van der Waals surface area contributed by atoms with Crippen LogP contribution >= 0.6 is 11.3 Å². The molecule has 0 saturated heterocycles. The van der Waals surface area contributed by atoms with Gasteiger partial charge in [-0.05, 0) is 44.8 Å². The van der Waals surface area contributed by atoms with Gasteiger partial charge in [-0.3, -0.25) is 4.90 Å². The summed E-state index contributed by atoms with van der Waals surface area (Å²) in [5.74, 6) is 0. The Balaban J connectivity index is 2.87. The van der Waals surface area contributed by atoms with E-state index >= 15 is 0 Å². The molecule has 4 heteroatoms. The maximum absolute atomic E-state index is 9.44. The minimum absolute atomic E-state index is 0.0566. The van der Waals surface area contributed by atoms with Gasteiger partial charge in [-0.1, -0.05) is 0 Å². The van der Waals surface area contributed by atoms with Gasteiger partial charge in [-0.2, -0.15) is 0 Å². The molecule has 0 fully saturated rings. The van der Waals surface area contributed by atoms with Crippen molar-refractivity contribution in [3.8, 4) is 0 Å². The Morgan fingerprint density at radius 3 is 2.50 bits per heavy atom. The Kier molecular flexibility index (Phi) is 4.92. The van der Waals surface area contributed by atoms with Gasteiger partial charge >= 0.3 is 0 Å². The molecule has 3 nitrogen and oxygen atoms in total. The van der Waals surface area contributed by atoms with Crippen LogP contribution in [0.2, 0.25) is 0 Å². The number of nitrogens with two attached hydrogens (primary N) is 1. The monoisotopic (exact) mass is 242 g/mol. The highest BCUT2D eigenvalue weighted by Crippen LogP contribution is 2.29. The molecule has 0 aliphatic rings. The highest BCUT2D eigenvalue weighted by atomic mass is 32.1. The fourth-order valence-corrected chi connectivity index (χ4v) is 3.26. The molecule has 0 radical (unpaired) electrons. The first-order valence-corrected chi connectivity index (χ1v) is 6.49. The summed E-state index contributed by atoms with van der Waals surface area (Å²) in [6, 6.07) is 2.36. The lowest BCUT2D eigenvalue weighted by Crippen LogP contribution is -2.40. The lowest BCUT2D eigenvalue weighted by Gasteiger charge is -2.31. The third-order valence-electron chi connectivity index (χ3n) is 2.70. The zero-order valence-corrected chi connectivity index (χ0v) is 11.3. The molecule has 0 aliphatic carbocycles. The fourth-order valence-electron chi connectivity index (χ4n) is 2.06. The van der Waals surface area contributed by atoms with Crippen LogP contribution in [0, 0.1) is 6.92 Å². The van der Waals surface area contributed by atoms with Gasteiger partial charge in [0.05, 0.1) is 12.1 Å². The van der Waals surface area contributed by atoms with Crippen LogP contribution < -0.4 is 5.73 Å². The molecule has 1 aromatic heterocycles. The van der Waals surface area contributed by atoms with E-state index in [1.807, 2.05) is 14.0 Å². The van der Waals surface area contributed by atoms with Crippen molar-refractivity contribution < 1.29 is 5.11 Å². The van der Waals surface area contributed by atoms with Gasteiger partial charge in [0.15, 0.2) is 0 Å². The number of aliphatic hydroxyl groups is 1. The zero-order chi connectivity index (χ0) is 12.3. The van der Waals surface area contributed by atoms with Gasteiger partial charge in [0.25, 0.3) is 0 Å². The summed E-state index contributed by atoms with van der Waals surface area (Å²) in [5.41, 5.74) is 7.34. The van der Waals surface area contributed by atoms with Crippen LogP contribution in [0.5, 0.6) is 0 Å². The first-order chi connectivity index (χ1) is 7.43. The first-order valence-electron chi connectivity index (χ1n) is 5.61. The van der Waals surface area contributed by atoms with E-state index < -0.39 is 0 Å². The first kappa shape index (κ1) is 13.6. The van der Waals surface area contributed by atoms with Gasteiger partial charge < -0.3 is 10.8 Å². The second kappa shape index (κ2) is 5.77. The molecule has 3 N–H and O–H groups in total. The van der Waals surface area contributed by atoms with E-state index in [2.05, 4.69) is 23.3 Å². The maximum Gasteiger partial charge on any atom is 0.0639 e. The van der Waals surface area contributed by atoms with Crippen molar-refractivity contribution >= 4 is 11.3 Å². The molecule has 0 aliphatic heterocycles. The number of likely N-dealkylation sites (N-methyl/N-ethyl adjacent to an activating group) is 1. The van der Waals surface area contributed by atoms with Crippen LogP contribution in [0.15, 0.2) is 11.4 Å². The summed E-state index contributed by atoms with van der Waals surface area (Å²) in [7, 11) is 2.01. The second-order valence-corrected chi connectivity index (χ2v) is 5.51. The molecule has 16 heavy (non-hydrogen) atoms. The number of aryl methyl sites for hydroxylation is 1. The molecular weight excluding hydrogens is 220 g/mol. The summed E-state index contributed by atoms with van der Waals surface area (Å²) in [6.07, 6.45) is -0.327. The summed E-state index contributed by atoms with van der Waals surface area (Å²) < 4.78 is 0. The molecule has 92 valence electrons. The number of hydrogen-bond donors (Lipinski definition) is 2. The maximum atomic E-state index is 9.44. The number of thiophene rings is 1. The summed E-state index contributed by atoms with van der Waals surface area (Å²) in [6.45, 7) is 6.57. The summed E-state index contributed by atoms with van der Waals surface area (Å²) in [5, 5.41) is 11.5. The Morgan fingerprint density at radius 1 is 1.50 bits per heavy atom. The Hall–Kier alpha value is -0.420. The van der Waals surface area contributed by atoms with E-state index in [9.17, 15) is 5.11 Å². The Bertz CT molecular complexity index is 323. The van der Waals surface area contributed by atoms with E-state index in [0.29, 0.717) is 6.54 Å². The van der Waals surface area contributed by atoms with E-state index in [0.717, 1.165) is 0 Å². The molecule has 1 aromatic rings. The van der Waals surface area contributed by atoms with Crippen molar-refractivity contribution in [2.24, 2.45) is 5.73 Å². The third-order valence-corrected chi connectivity index (χ3v) is 3.79. The second-order valence-electron chi connectivity index (χ2n) is 4.56. The lowest BCUT2D eigenvalue weighted by atomic mass is 10.0. The van der Waals surface area contributed by atoms with Crippen LogP contribution in [0.1, 0.15) is 30.3 Å². The van der Waals surface area contributed by atoms with Crippen molar-refractivity contribution in [3.63, 3.8) is 0 Å². The molecule has 0 amide bonds. The van der Waals surface area contributed by atoms with Crippen molar-refractivity contribution in [2.75, 3.05) is 13.6 Å². The Morgan fingerprint density at radius 2 is 2.12 bits per heavy atom. The number of aliphatic hydroxyl groups excluding tert-OH is 1. The quantitative estimate of drug-likeness (QED) is 0.827. The van der Waals surface area contributed by atoms with Gasteiger partial charge in [0.2, 0.25) is 0 Å². The normalized spacial score (nSPS) is 17.4. The molecule has 3 unspecified atom stereocenters. The largest absolute Gasteiger partial charge is 0.392 e. The Labute approximate surface area is 102 Å². The standard InChI is InChI=1S/C12H22N2OS/c1-8-5-6-16-12(8)11(10(3)13)14(4)7-9(2)15/h5-6,9-11,15H,7,13H2,1-4H3. The molecule has 1 heterocycles. The zero-order valence-electron chi connectivity index (χ0n) is 10.5. The number of hydrogen-bond acceptors (Lipinski definition) is 4. The van der Waals surface area contributed by atoms with Gasteiger partial charge in [-0.25, -0.2) is 0 Å². The molecule has 0 aromatic carbocycles. The average Bonchev–Trinajstić information content (AvgIpc) is 2.50. The van der Waals surface area contributed by atoms with Gasteiger partial charge in [0.1, 0.15) is 0 Å². The fraction of sp³-hybridized carbons (Fsp3) is 0.667. The minimum atomic E-state index is -0.327. The van der Waals surface area contributed by atoms with Crippen LogP contribution in [-0.2, 0) is 0 Å². The molecule has 0 bridgehead atoms. The van der Waals surface area contributed by atoms with Gasteiger partial charge in [-0.15, -0.1) is 11.3 Å². The van der Waals surface area contributed by atoms with Crippen molar-refractivity contribution in [2.45, 2.75) is 39.0 Å². The minimum Gasteiger partial charge on any atom is -0.392 e. The molecule has 1 rings (SSSR count). The van der Waals surface area contributed by atoms with E-state index in [1.165, 1.54) is 10.4 Å². The van der Waals surface area contributed by atoms with E-state index in [4.69, 9.17) is 5.73 Å². The molecular formula is C12H22N2OS. The van der Waals surface area contributed by atoms with E-state index in [1.54, 1.807) is 18.3 Å². The summed E-state index contributed by atoms with van der Waals surface area (Å²) in [4.78, 5) is 3.44. The van der Waals surface area contributed by atoms with Crippen molar-refractivity contribution in [1.82, 2.24) is 4.90 Å². The molecule has 0 saturated carbocycles. The SMILES string of the molecule is Cc1ccsc1C(C(C)N)N(C)CC(C)O. The van der Waals surface area contributed by atoms with E-state index in [-0.39, 0.29) is 18.2 Å². The average molecular weight is 242 g/mol. The van der Waals surface area contributed by atoms with Crippen LogP contribution in [0.3, 0.4) is 0 Å². The lowest BCUT2D eigenvalue weighted by molar-refractivity contribution is 0.111. The van der Waals surface area contributed by atoms with Crippen molar-refractivity contribution in [1.29, 1.82) is 0 Å². The topological polar surface area (TPSA) is 49.5 Å². The highest BCUT2D eigenvalue weighted by molar-refractivity contribution is 7.10. The predicted octanol–water partition coefficient (Wildman–Crippen LogP) is 1.76. The number of rotatable bonds is 5. The van der Waals surface area contributed by atoms with Crippen molar-refractivity contribution in [3.05, 3.63) is 21.9 Å². The molecule has 3 atom stereocenters. The number of nitrogens with zero attached hydrogens (tertiary/aromatic N) is 1. The van der Waals surface area contributed by atoms with Gasteiger partial charge in [0, 0.05) is 17.5 Å². The predicted molar refractivity (Wildman–Crippen MR) is 69.8 cm³/mol. The molecule has 0 spiro atoms. The third kappa shape index (κ3) is 3.28. The smallest absolute Gasteiger partial charge is 0.0639 e. The van der Waals surface area contributed by atoms with Crippen LogP contribution in [-0.4, -0.2) is 35.7 Å². The van der Waals surface area contributed by atoms with Crippen LogP contribution in [0.4, 0.5) is 0 Å². The summed E-state index contributed by atoms with van der Waals surface area (Å²) >= 11 is 1.74. The highest BCUT2D eigenvalue weighted by Gasteiger charge is 2.24. The van der Waals surface area contributed by atoms with Crippen LogP contribution in [0.25, 0.3) is 0 Å².